The van der Waals surface area contributed by atoms with Crippen molar-refractivity contribution in [1.29, 1.82) is 0 Å². The summed E-state index contributed by atoms with van der Waals surface area (Å²) in [6, 6.07) is 17.5. The number of hydrogen-bond acceptors (Lipinski definition) is 7. The summed E-state index contributed by atoms with van der Waals surface area (Å²) in [6.07, 6.45) is 0. The van der Waals surface area contributed by atoms with E-state index in [0.717, 1.165) is 0 Å². The van der Waals surface area contributed by atoms with Crippen LogP contribution in [-0.2, 0) is 0 Å². The Hall–Kier alpha value is -4.73. The molecule has 0 saturated heterocycles. The highest BCUT2D eigenvalue weighted by Gasteiger charge is 2.10. The van der Waals surface area contributed by atoms with Crippen molar-refractivity contribution in [1.82, 2.24) is 0 Å². The van der Waals surface area contributed by atoms with E-state index >= 15 is 0 Å². The van der Waals surface area contributed by atoms with Crippen LogP contribution in [0.5, 0.6) is 23.0 Å². The van der Waals surface area contributed by atoms with Crippen LogP contribution in [0.4, 0.5) is 0 Å². The van der Waals surface area contributed by atoms with E-state index in [2.05, 4.69) is 10.3 Å². The maximum atomic E-state index is 11.7. The van der Waals surface area contributed by atoms with Gasteiger partial charge >= 0.3 is 0 Å². The molecule has 0 radical (unpaired) electrons. The van der Waals surface area contributed by atoms with Crippen molar-refractivity contribution in [2.75, 3.05) is 0 Å². The standard InChI is InChI=1S/C21H19N5O5/c22-19(25-28)12-1-5-15(6-2-12)30-17-9-14(21(24)27)10-18(11-17)31-16-7-3-13(4-8-16)20(23)26-29/h1-11,28-29H,(H2,22,25)(H2,23,26)(H2,24,27). The van der Waals surface area contributed by atoms with Gasteiger partial charge in [-0.15, -0.1) is 0 Å². The SMILES string of the molecule is NC(=O)c1cc(Oc2ccc(C(N)=NO)cc2)cc(Oc2ccc(C(N)=NO)cc2)c1. The number of ether oxygens (including phenoxy) is 2. The summed E-state index contributed by atoms with van der Waals surface area (Å²) in [5.74, 6) is 0.814. The molecule has 0 atom stereocenters. The van der Waals surface area contributed by atoms with Gasteiger partial charge in [0.2, 0.25) is 5.91 Å². The van der Waals surface area contributed by atoms with Gasteiger partial charge in [-0.05, 0) is 60.7 Å². The Morgan fingerprint density at radius 2 is 1.00 bits per heavy atom. The lowest BCUT2D eigenvalue weighted by molar-refractivity contribution is 0.0999. The predicted molar refractivity (Wildman–Crippen MR) is 113 cm³/mol. The number of carbonyl (C=O) groups excluding carboxylic acids is 1. The number of hydrogen-bond donors (Lipinski definition) is 5. The van der Waals surface area contributed by atoms with Crippen LogP contribution in [-0.4, -0.2) is 28.0 Å². The quantitative estimate of drug-likeness (QED) is 0.168. The molecule has 31 heavy (non-hydrogen) atoms. The Balaban J connectivity index is 1.84. The van der Waals surface area contributed by atoms with Gasteiger partial charge in [-0.25, -0.2) is 0 Å². The Morgan fingerprint density at radius 3 is 1.32 bits per heavy atom. The molecule has 10 heteroatoms. The smallest absolute Gasteiger partial charge is 0.248 e. The fourth-order valence-electron chi connectivity index (χ4n) is 2.61. The molecule has 0 aliphatic heterocycles. The van der Waals surface area contributed by atoms with E-state index in [0.29, 0.717) is 34.1 Å². The molecular formula is C21H19N5O5. The Morgan fingerprint density at radius 1 is 0.613 bits per heavy atom. The largest absolute Gasteiger partial charge is 0.457 e. The van der Waals surface area contributed by atoms with Crippen molar-refractivity contribution in [3.8, 4) is 23.0 Å². The summed E-state index contributed by atoms with van der Waals surface area (Å²) >= 11 is 0. The molecule has 0 aromatic heterocycles. The second-order valence-corrected chi connectivity index (χ2v) is 6.28. The first-order valence-corrected chi connectivity index (χ1v) is 8.86. The van der Waals surface area contributed by atoms with Crippen LogP contribution in [0, 0.1) is 0 Å². The minimum absolute atomic E-state index is 0.0315. The summed E-state index contributed by atoms with van der Waals surface area (Å²) in [5, 5.41) is 23.3. The van der Waals surface area contributed by atoms with Gasteiger partial charge < -0.3 is 37.1 Å². The average molecular weight is 421 g/mol. The molecule has 0 aliphatic rings. The molecule has 0 aliphatic carbocycles. The molecule has 10 nitrogen and oxygen atoms in total. The first-order valence-electron chi connectivity index (χ1n) is 8.86. The topological polar surface area (TPSA) is 179 Å². The number of primary amides is 1. The van der Waals surface area contributed by atoms with Crippen LogP contribution < -0.4 is 26.7 Å². The maximum absolute atomic E-state index is 11.7. The number of amides is 1. The first-order chi connectivity index (χ1) is 14.9. The normalized spacial score (nSPS) is 11.7. The third-order valence-electron chi connectivity index (χ3n) is 4.15. The predicted octanol–water partition coefficient (Wildman–Crippen LogP) is 2.56. The van der Waals surface area contributed by atoms with Gasteiger partial charge in [0.25, 0.3) is 0 Å². The number of oxime groups is 2. The summed E-state index contributed by atoms with van der Waals surface area (Å²) in [7, 11) is 0. The molecule has 0 saturated carbocycles. The Bertz CT molecular complexity index is 1060. The molecule has 0 fully saturated rings. The van der Waals surface area contributed by atoms with Gasteiger partial charge in [0, 0.05) is 22.8 Å². The molecule has 8 N–H and O–H groups in total. The number of amidine groups is 2. The van der Waals surface area contributed by atoms with Crippen LogP contribution in [0.2, 0.25) is 0 Å². The molecule has 0 unspecified atom stereocenters. The van der Waals surface area contributed by atoms with Gasteiger partial charge in [-0.3, -0.25) is 4.79 Å². The summed E-state index contributed by atoms with van der Waals surface area (Å²) in [6.45, 7) is 0. The van der Waals surface area contributed by atoms with Crippen LogP contribution in [0.3, 0.4) is 0 Å². The highest BCUT2D eigenvalue weighted by atomic mass is 16.5. The van der Waals surface area contributed by atoms with E-state index in [1.165, 1.54) is 12.1 Å². The highest BCUT2D eigenvalue weighted by molar-refractivity contribution is 5.97. The lowest BCUT2D eigenvalue weighted by atomic mass is 10.1. The van der Waals surface area contributed by atoms with Gasteiger partial charge in [0.1, 0.15) is 23.0 Å². The van der Waals surface area contributed by atoms with Crippen molar-refractivity contribution < 1.29 is 24.7 Å². The lowest BCUT2D eigenvalue weighted by Crippen LogP contribution is -2.12. The van der Waals surface area contributed by atoms with E-state index in [-0.39, 0.29) is 17.2 Å². The molecule has 1 amide bonds. The summed E-state index contributed by atoms with van der Waals surface area (Å²) in [4.78, 5) is 11.7. The summed E-state index contributed by atoms with van der Waals surface area (Å²) < 4.78 is 11.6. The molecule has 0 heterocycles. The van der Waals surface area contributed by atoms with E-state index in [4.69, 9.17) is 37.1 Å². The number of carbonyl (C=O) groups is 1. The monoisotopic (exact) mass is 421 g/mol. The lowest BCUT2D eigenvalue weighted by Gasteiger charge is -2.12. The summed E-state index contributed by atoms with van der Waals surface area (Å²) in [5.41, 5.74) is 17.7. The molecule has 3 rings (SSSR count). The minimum Gasteiger partial charge on any atom is -0.457 e. The van der Waals surface area contributed by atoms with Crippen LogP contribution in [0.1, 0.15) is 21.5 Å². The van der Waals surface area contributed by atoms with Crippen molar-refractivity contribution >= 4 is 17.6 Å². The molecular weight excluding hydrogens is 402 g/mol. The minimum atomic E-state index is -0.653. The van der Waals surface area contributed by atoms with Crippen LogP contribution in [0.25, 0.3) is 0 Å². The third-order valence-corrected chi connectivity index (χ3v) is 4.15. The average Bonchev–Trinajstić information content (AvgIpc) is 2.78. The van der Waals surface area contributed by atoms with Gasteiger partial charge in [0.05, 0.1) is 0 Å². The van der Waals surface area contributed by atoms with E-state index in [9.17, 15) is 4.79 Å². The van der Waals surface area contributed by atoms with Crippen LogP contribution in [0.15, 0.2) is 77.0 Å². The zero-order valence-corrected chi connectivity index (χ0v) is 16.1. The second kappa shape index (κ2) is 9.18. The zero-order valence-electron chi connectivity index (χ0n) is 16.1. The first kappa shape index (κ1) is 21.0. The number of nitrogens with two attached hydrogens (primary N) is 3. The van der Waals surface area contributed by atoms with Gasteiger partial charge in [-0.1, -0.05) is 10.3 Å². The molecule has 3 aromatic carbocycles. The van der Waals surface area contributed by atoms with Crippen molar-refractivity contribution in [3.63, 3.8) is 0 Å². The maximum Gasteiger partial charge on any atom is 0.248 e. The molecule has 158 valence electrons. The Labute approximate surface area is 176 Å². The number of nitrogens with zero attached hydrogens (tertiary/aromatic N) is 2. The highest BCUT2D eigenvalue weighted by Crippen LogP contribution is 2.30. The van der Waals surface area contributed by atoms with Crippen molar-refractivity contribution in [2.45, 2.75) is 0 Å². The Kier molecular flexibility index (Phi) is 6.21. The van der Waals surface area contributed by atoms with Gasteiger partial charge in [0.15, 0.2) is 11.7 Å². The van der Waals surface area contributed by atoms with E-state index < -0.39 is 5.91 Å². The fourth-order valence-corrected chi connectivity index (χ4v) is 2.61. The number of benzene rings is 3. The third kappa shape index (κ3) is 5.21. The van der Waals surface area contributed by atoms with Crippen molar-refractivity contribution in [3.05, 3.63) is 83.4 Å². The molecule has 3 aromatic rings. The van der Waals surface area contributed by atoms with Gasteiger partial charge in [-0.2, -0.15) is 0 Å². The number of rotatable bonds is 7. The zero-order chi connectivity index (χ0) is 22.4. The van der Waals surface area contributed by atoms with E-state index in [1.807, 2.05) is 0 Å². The fraction of sp³-hybridized carbons (Fsp3) is 0. The van der Waals surface area contributed by atoms with E-state index in [1.54, 1.807) is 54.6 Å². The molecule has 0 spiro atoms. The molecule has 0 bridgehead atoms. The van der Waals surface area contributed by atoms with Crippen LogP contribution >= 0.6 is 0 Å². The second-order valence-electron chi connectivity index (χ2n) is 6.28. The van der Waals surface area contributed by atoms with Crippen molar-refractivity contribution in [2.24, 2.45) is 27.5 Å².